The van der Waals surface area contributed by atoms with Crippen LogP contribution in [0.25, 0.3) is 120 Å². The molecule has 58 heavy (non-hydrogen) atoms. The Bertz CT molecular complexity index is 3590. The fourth-order valence-corrected chi connectivity index (χ4v) is 9.71. The molecule has 5 heteroatoms. The van der Waals surface area contributed by atoms with Crippen molar-refractivity contribution in [3.05, 3.63) is 188 Å². The van der Waals surface area contributed by atoms with Gasteiger partial charge in [0.25, 0.3) is 0 Å². The topological polar surface area (TPSA) is 51.8 Å². The first-order valence-electron chi connectivity index (χ1n) is 19.4. The van der Waals surface area contributed by atoms with Crippen molar-refractivity contribution in [3.63, 3.8) is 0 Å². The van der Waals surface area contributed by atoms with Crippen LogP contribution in [-0.4, -0.2) is 15.0 Å². The highest BCUT2D eigenvalue weighted by Crippen LogP contribution is 2.46. The van der Waals surface area contributed by atoms with Crippen molar-refractivity contribution in [2.24, 2.45) is 0 Å². The molecule has 3 aromatic heterocycles. The van der Waals surface area contributed by atoms with Gasteiger partial charge in [-0.05, 0) is 80.7 Å². The zero-order valence-electron chi connectivity index (χ0n) is 31.1. The molecular formula is C53H31N3OS. The molecule has 0 saturated carbocycles. The van der Waals surface area contributed by atoms with Gasteiger partial charge < -0.3 is 4.42 Å². The Morgan fingerprint density at radius 1 is 0.345 bits per heavy atom. The molecule has 0 aliphatic carbocycles. The molecule has 0 radical (unpaired) electrons. The van der Waals surface area contributed by atoms with Gasteiger partial charge in [-0.25, -0.2) is 15.0 Å². The van der Waals surface area contributed by atoms with E-state index in [0.717, 1.165) is 77.0 Å². The lowest BCUT2D eigenvalue weighted by atomic mass is 9.90. The molecule has 0 bridgehead atoms. The normalized spacial score (nSPS) is 11.8. The number of aromatic nitrogens is 3. The number of para-hydroxylation sites is 1. The van der Waals surface area contributed by atoms with Crippen LogP contribution in [0.2, 0.25) is 0 Å². The average Bonchev–Trinajstić information content (AvgIpc) is 3.88. The molecule has 0 amide bonds. The van der Waals surface area contributed by atoms with Crippen molar-refractivity contribution in [1.82, 2.24) is 15.0 Å². The Morgan fingerprint density at radius 3 is 1.79 bits per heavy atom. The summed E-state index contributed by atoms with van der Waals surface area (Å²) in [6.07, 6.45) is 0. The van der Waals surface area contributed by atoms with Gasteiger partial charge in [0.05, 0.1) is 0 Å². The van der Waals surface area contributed by atoms with Gasteiger partial charge in [0.1, 0.15) is 11.2 Å². The number of thiophene rings is 1. The maximum absolute atomic E-state index is 6.83. The average molecular weight is 758 g/mol. The van der Waals surface area contributed by atoms with Gasteiger partial charge in [-0.2, -0.15) is 0 Å². The van der Waals surface area contributed by atoms with E-state index in [-0.39, 0.29) is 0 Å². The van der Waals surface area contributed by atoms with Crippen molar-refractivity contribution in [1.29, 1.82) is 0 Å². The summed E-state index contributed by atoms with van der Waals surface area (Å²) in [7, 11) is 0. The predicted molar refractivity (Wildman–Crippen MR) is 242 cm³/mol. The second kappa shape index (κ2) is 13.1. The van der Waals surface area contributed by atoms with E-state index in [1.807, 2.05) is 24.3 Å². The highest BCUT2D eigenvalue weighted by Gasteiger charge is 2.23. The minimum atomic E-state index is 0.612. The number of benzene rings is 9. The van der Waals surface area contributed by atoms with Crippen LogP contribution in [0.4, 0.5) is 0 Å². The van der Waals surface area contributed by atoms with Crippen LogP contribution in [-0.2, 0) is 0 Å². The van der Waals surface area contributed by atoms with Crippen LogP contribution in [0, 0.1) is 0 Å². The SMILES string of the molecule is c1ccc(-c2nc(-c3cc4ccccc4cc3-c3ccc(-c4ccc5ccccc5c4)c4oc5ccccc5c34)nc(-c3cccc4sc5ccccc5c34)n2)cc1. The van der Waals surface area contributed by atoms with Crippen molar-refractivity contribution in [2.45, 2.75) is 0 Å². The summed E-state index contributed by atoms with van der Waals surface area (Å²) in [5, 5.41) is 9.12. The van der Waals surface area contributed by atoms with Crippen LogP contribution in [0.1, 0.15) is 0 Å². The summed E-state index contributed by atoms with van der Waals surface area (Å²) in [4.78, 5) is 15.9. The number of hydrogen-bond donors (Lipinski definition) is 0. The van der Waals surface area contributed by atoms with Gasteiger partial charge in [0.15, 0.2) is 17.5 Å². The summed E-state index contributed by atoms with van der Waals surface area (Å²) in [5.41, 5.74) is 8.78. The van der Waals surface area contributed by atoms with Crippen LogP contribution in [0.15, 0.2) is 192 Å². The second-order valence-corrected chi connectivity index (χ2v) is 15.8. The lowest BCUT2D eigenvalue weighted by molar-refractivity contribution is 0.670. The summed E-state index contributed by atoms with van der Waals surface area (Å²) in [6, 6.07) is 66.2. The van der Waals surface area contributed by atoms with E-state index >= 15 is 0 Å². The van der Waals surface area contributed by atoms with Gasteiger partial charge in [-0.1, -0.05) is 146 Å². The highest BCUT2D eigenvalue weighted by atomic mass is 32.1. The molecule has 0 saturated heterocycles. The maximum atomic E-state index is 6.83. The van der Waals surface area contributed by atoms with E-state index < -0.39 is 0 Å². The lowest BCUT2D eigenvalue weighted by Crippen LogP contribution is -2.01. The first-order valence-corrected chi connectivity index (χ1v) is 20.2. The molecule has 270 valence electrons. The Hall–Kier alpha value is -7.47. The number of hydrogen-bond acceptors (Lipinski definition) is 5. The molecule has 0 fully saturated rings. The molecule has 0 aliphatic rings. The molecular weight excluding hydrogens is 727 g/mol. The fourth-order valence-electron chi connectivity index (χ4n) is 8.58. The van der Waals surface area contributed by atoms with E-state index in [4.69, 9.17) is 19.4 Å². The summed E-state index contributed by atoms with van der Waals surface area (Å²) >= 11 is 1.80. The largest absolute Gasteiger partial charge is 0.455 e. The van der Waals surface area contributed by atoms with Crippen LogP contribution in [0.5, 0.6) is 0 Å². The van der Waals surface area contributed by atoms with Crippen LogP contribution in [0.3, 0.4) is 0 Å². The van der Waals surface area contributed by atoms with Crippen LogP contribution >= 0.6 is 11.3 Å². The van der Waals surface area contributed by atoms with E-state index in [0.29, 0.717) is 17.5 Å². The number of fused-ring (bicyclic) bond motifs is 8. The molecule has 0 atom stereocenters. The molecule has 0 spiro atoms. The summed E-state index contributed by atoms with van der Waals surface area (Å²) in [6.45, 7) is 0. The molecule has 4 nitrogen and oxygen atoms in total. The van der Waals surface area contributed by atoms with Gasteiger partial charge in [-0.3, -0.25) is 0 Å². The Kier molecular flexibility index (Phi) is 7.37. The predicted octanol–water partition coefficient (Wildman–Crippen LogP) is 14.8. The van der Waals surface area contributed by atoms with Gasteiger partial charge in [0, 0.05) is 53.2 Å². The Balaban J connectivity index is 1.15. The summed E-state index contributed by atoms with van der Waals surface area (Å²) < 4.78 is 9.27. The molecule has 12 aromatic rings. The molecule has 0 N–H and O–H groups in total. The number of furan rings is 1. The minimum Gasteiger partial charge on any atom is -0.455 e. The van der Waals surface area contributed by atoms with Gasteiger partial charge in [-0.15, -0.1) is 11.3 Å². The molecule has 0 unspecified atom stereocenters. The highest BCUT2D eigenvalue weighted by molar-refractivity contribution is 7.25. The third-order valence-corrected chi connectivity index (χ3v) is 12.5. The molecule has 3 heterocycles. The lowest BCUT2D eigenvalue weighted by Gasteiger charge is -2.16. The Morgan fingerprint density at radius 2 is 0.966 bits per heavy atom. The minimum absolute atomic E-state index is 0.612. The van der Waals surface area contributed by atoms with Crippen molar-refractivity contribution >= 4 is 75.0 Å². The van der Waals surface area contributed by atoms with Gasteiger partial charge in [0.2, 0.25) is 0 Å². The standard InChI is InChI=1S/C53H31N3OS/c1-2-14-33(15-3-1)51-54-52(42-21-12-24-47-48(42)41-20-9-11-23-46(41)58-47)56-53(55-51)44-31-36-18-7-6-17-35(36)30-43(44)39-28-27-38(37-26-25-32-13-4-5-16-34(32)29-37)50-49(39)40-19-8-10-22-45(40)57-50/h1-31H. The third-order valence-electron chi connectivity index (χ3n) is 11.3. The van der Waals surface area contributed by atoms with E-state index in [2.05, 4.69) is 164 Å². The fraction of sp³-hybridized carbons (Fsp3) is 0. The van der Waals surface area contributed by atoms with E-state index in [1.54, 1.807) is 11.3 Å². The number of rotatable bonds is 5. The Labute approximate surface area is 337 Å². The van der Waals surface area contributed by atoms with Crippen molar-refractivity contribution < 1.29 is 4.42 Å². The van der Waals surface area contributed by atoms with Crippen LogP contribution < -0.4 is 0 Å². The van der Waals surface area contributed by atoms with Crippen molar-refractivity contribution in [2.75, 3.05) is 0 Å². The quantitative estimate of drug-likeness (QED) is 0.175. The zero-order valence-corrected chi connectivity index (χ0v) is 31.9. The first kappa shape index (κ1) is 32.7. The van der Waals surface area contributed by atoms with E-state index in [9.17, 15) is 0 Å². The monoisotopic (exact) mass is 757 g/mol. The van der Waals surface area contributed by atoms with Crippen molar-refractivity contribution in [3.8, 4) is 56.4 Å². The number of nitrogens with zero attached hydrogens (tertiary/aromatic N) is 3. The zero-order chi connectivity index (χ0) is 38.2. The first-order chi connectivity index (χ1) is 28.7. The van der Waals surface area contributed by atoms with Gasteiger partial charge >= 0.3 is 0 Å². The molecule has 0 aliphatic heterocycles. The smallest absolute Gasteiger partial charge is 0.164 e. The maximum Gasteiger partial charge on any atom is 0.164 e. The van der Waals surface area contributed by atoms with E-state index in [1.165, 1.54) is 25.6 Å². The third kappa shape index (κ3) is 5.25. The molecule has 9 aromatic carbocycles. The molecule has 12 rings (SSSR count). The summed E-state index contributed by atoms with van der Waals surface area (Å²) in [5.74, 6) is 1.88. The second-order valence-electron chi connectivity index (χ2n) is 14.7.